The van der Waals surface area contributed by atoms with Gasteiger partial charge in [-0.1, -0.05) is 58.4 Å². The molecule has 6 aromatic rings. The highest BCUT2D eigenvalue weighted by molar-refractivity contribution is 9.10. The second kappa shape index (κ2) is 10.6. The van der Waals surface area contributed by atoms with Crippen LogP contribution in [0.2, 0.25) is 0 Å². The zero-order chi connectivity index (χ0) is 27.6. The second-order valence-corrected chi connectivity index (χ2v) is 9.78. The molecule has 0 fully saturated rings. The van der Waals surface area contributed by atoms with Gasteiger partial charge in [-0.2, -0.15) is 9.78 Å². The fourth-order valence-corrected chi connectivity index (χ4v) is 4.63. The lowest BCUT2D eigenvalue weighted by atomic mass is 10.2. The average molecular weight is 595 g/mol. The van der Waals surface area contributed by atoms with Gasteiger partial charge in [0, 0.05) is 21.5 Å². The van der Waals surface area contributed by atoms with E-state index >= 15 is 0 Å². The smallest absolute Gasteiger partial charge is 0.311 e. The van der Waals surface area contributed by atoms with E-state index in [0.29, 0.717) is 27.8 Å². The molecule has 0 aliphatic carbocycles. The van der Waals surface area contributed by atoms with Gasteiger partial charge in [-0.05, 0) is 54.1 Å². The quantitative estimate of drug-likeness (QED) is 0.112. The molecule has 0 atom stereocenters. The maximum atomic E-state index is 13.5. The van der Waals surface area contributed by atoms with Gasteiger partial charge in [-0.3, -0.25) is 14.9 Å². The molecule has 9 nitrogen and oxygen atoms in total. The normalized spacial score (nSPS) is 11.4. The third-order valence-corrected chi connectivity index (χ3v) is 6.68. The van der Waals surface area contributed by atoms with E-state index in [-0.39, 0.29) is 23.9 Å². The van der Waals surface area contributed by atoms with E-state index in [2.05, 4.69) is 26.0 Å². The van der Waals surface area contributed by atoms with Crippen molar-refractivity contribution in [2.75, 3.05) is 0 Å². The van der Waals surface area contributed by atoms with Crippen molar-refractivity contribution in [3.63, 3.8) is 0 Å². The van der Waals surface area contributed by atoms with E-state index in [0.717, 1.165) is 20.1 Å². The van der Waals surface area contributed by atoms with Crippen LogP contribution in [0.5, 0.6) is 5.75 Å². The van der Waals surface area contributed by atoms with Crippen LogP contribution in [0.3, 0.4) is 0 Å². The van der Waals surface area contributed by atoms with E-state index in [1.54, 1.807) is 36.4 Å². The highest BCUT2D eigenvalue weighted by Gasteiger charge is 2.18. The number of nitrogens with zero attached hydrogens (tertiary/aromatic N) is 4. The molecule has 10 heteroatoms. The molecule has 40 heavy (non-hydrogen) atoms. The largest absolute Gasteiger partial charge is 0.482 e. The second-order valence-electron chi connectivity index (χ2n) is 8.87. The lowest BCUT2D eigenvalue weighted by Gasteiger charge is -2.08. The molecular weight excluding hydrogens is 576 g/mol. The van der Waals surface area contributed by atoms with Crippen molar-refractivity contribution in [2.24, 2.45) is 5.10 Å². The van der Waals surface area contributed by atoms with Gasteiger partial charge in [-0.15, -0.1) is 0 Å². The van der Waals surface area contributed by atoms with Gasteiger partial charge in [-0.25, -0.2) is 4.98 Å². The van der Waals surface area contributed by atoms with Crippen LogP contribution in [-0.2, 0) is 6.61 Å². The van der Waals surface area contributed by atoms with Gasteiger partial charge < -0.3 is 9.15 Å². The number of ether oxygens (including phenoxy) is 1. The Morgan fingerprint density at radius 1 is 1.00 bits per heavy atom. The molecule has 0 aliphatic rings. The van der Waals surface area contributed by atoms with Crippen molar-refractivity contribution in [2.45, 2.75) is 6.61 Å². The molecule has 0 bridgehead atoms. The molecule has 0 unspecified atom stereocenters. The number of hydrogen-bond acceptors (Lipinski definition) is 7. The van der Waals surface area contributed by atoms with E-state index < -0.39 is 10.5 Å². The number of halogens is 1. The van der Waals surface area contributed by atoms with Crippen molar-refractivity contribution in [3.05, 3.63) is 133 Å². The molecular formula is C30H19BrN4O5. The molecule has 2 aromatic heterocycles. The fourth-order valence-electron chi connectivity index (χ4n) is 4.25. The number of para-hydroxylation sites is 1. The fraction of sp³-hybridized carbons (Fsp3) is 0.0333. The Hall–Kier alpha value is -5.09. The van der Waals surface area contributed by atoms with Crippen LogP contribution in [0, 0.1) is 10.1 Å². The maximum Gasteiger partial charge on any atom is 0.311 e. The van der Waals surface area contributed by atoms with Crippen molar-refractivity contribution in [1.82, 2.24) is 9.66 Å². The molecule has 196 valence electrons. The standard InChI is InChI=1S/C30H19BrN4O5/c31-22-11-13-26-21(15-22)16-28(40-26)29-33-24-9-5-4-8-23(24)30(36)34(29)32-17-20-10-12-27(25(14-20)35(37)38)39-18-19-6-2-1-3-7-19/h1-17H,18H2. The number of hydrogen-bond donors (Lipinski definition) is 0. The summed E-state index contributed by atoms with van der Waals surface area (Å²) in [6.07, 6.45) is 1.37. The van der Waals surface area contributed by atoms with Gasteiger partial charge in [0.1, 0.15) is 12.2 Å². The highest BCUT2D eigenvalue weighted by Crippen LogP contribution is 2.30. The molecule has 2 heterocycles. The van der Waals surface area contributed by atoms with E-state index in [9.17, 15) is 14.9 Å². The van der Waals surface area contributed by atoms with E-state index in [1.165, 1.54) is 18.3 Å². The summed E-state index contributed by atoms with van der Waals surface area (Å²) in [6.45, 7) is 0.185. The van der Waals surface area contributed by atoms with Crippen LogP contribution in [0.1, 0.15) is 11.1 Å². The zero-order valence-electron chi connectivity index (χ0n) is 20.7. The Balaban J connectivity index is 1.40. The molecule has 0 saturated heterocycles. The summed E-state index contributed by atoms with van der Waals surface area (Å²) in [4.78, 5) is 29.5. The molecule has 0 radical (unpaired) electrons. The molecule has 6 rings (SSSR count). The minimum Gasteiger partial charge on any atom is -0.482 e. The van der Waals surface area contributed by atoms with E-state index in [4.69, 9.17) is 9.15 Å². The minimum atomic E-state index is -0.515. The summed E-state index contributed by atoms with van der Waals surface area (Å²) in [5.74, 6) is 0.679. The molecule has 0 spiro atoms. The summed E-state index contributed by atoms with van der Waals surface area (Å²) in [5.41, 5.74) is 1.78. The average Bonchev–Trinajstić information content (AvgIpc) is 3.39. The molecule has 0 aliphatic heterocycles. The molecule has 4 aromatic carbocycles. The van der Waals surface area contributed by atoms with E-state index in [1.807, 2.05) is 48.5 Å². The lowest BCUT2D eigenvalue weighted by molar-refractivity contribution is -0.385. The molecule has 0 N–H and O–H groups in total. The van der Waals surface area contributed by atoms with Crippen molar-refractivity contribution in [1.29, 1.82) is 0 Å². The predicted molar refractivity (Wildman–Crippen MR) is 156 cm³/mol. The minimum absolute atomic E-state index is 0.129. The van der Waals surface area contributed by atoms with Crippen molar-refractivity contribution in [3.8, 4) is 17.3 Å². The van der Waals surface area contributed by atoms with Crippen LogP contribution in [-0.4, -0.2) is 20.8 Å². The first-order chi connectivity index (χ1) is 19.5. The Labute approximate surface area is 235 Å². The summed E-state index contributed by atoms with van der Waals surface area (Å²) < 4.78 is 13.8. The van der Waals surface area contributed by atoms with Crippen LogP contribution in [0.25, 0.3) is 33.5 Å². The van der Waals surface area contributed by atoms with Crippen LogP contribution in [0.15, 0.2) is 116 Å². The maximum absolute atomic E-state index is 13.5. The SMILES string of the molecule is O=c1c2ccccc2nc(-c2cc3cc(Br)ccc3o2)n1N=Cc1ccc(OCc2ccccc2)c([N+](=O)[O-])c1. The lowest BCUT2D eigenvalue weighted by Crippen LogP contribution is -2.20. The Kier molecular flexibility index (Phi) is 6.67. The summed E-state index contributed by atoms with van der Waals surface area (Å²) in [5, 5.41) is 17.4. The van der Waals surface area contributed by atoms with Gasteiger partial charge in [0.25, 0.3) is 5.56 Å². The van der Waals surface area contributed by atoms with Crippen LogP contribution < -0.4 is 10.3 Å². The predicted octanol–water partition coefficient (Wildman–Crippen LogP) is 6.94. The first-order valence-electron chi connectivity index (χ1n) is 12.2. The van der Waals surface area contributed by atoms with Gasteiger partial charge in [0.05, 0.1) is 22.0 Å². The van der Waals surface area contributed by atoms with Crippen LogP contribution in [0.4, 0.5) is 5.69 Å². The summed E-state index contributed by atoms with van der Waals surface area (Å²) in [7, 11) is 0. The summed E-state index contributed by atoms with van der Waals surface area (Å²) in [6, 6.07) is 28.2. The first kappa shape index (κ1) is 25.2. The van der Waals surface area contributed by atoms with Gasteiger partial charge in [0.2, 0.25) is 5.82 Å². The monoisotopic (exact) mass is 594 g/mol. The highest BCUT2D eigenvalue weighted by atomic mass is 79.9. The number of rotatable bonds is 7. The molecule has 0 saturated carbocycles. The Morgan fingerprint density at radius 3 is 2.62 bits per heavy atom. The molecule has 0 amide bonds. The van der Waals surface area contributed by atoms with Crippen LogP contribution >= 0.6 is 15.9 Å². The number of fused-ring (bicyclic) bond motifs is 2. The first-order valence-corrected chi connectivity index (χ1v) is 13.0. The Bertz CT molecular complexity index is 1980. The van der Waals surface area contributed by atoms with Gasteiger partial charge in [0.15, 0.2) is 11.5 Å². The van der Waals surface area contributed by atoms with Crippen molar-refractivity contribution >= 4 is 49.7 Å². The zero-order valence-corrected chi connectivity index (χ0v) is 22.3. The third-order valence-electron chi connectivity index (χ3n) is 6.19. The number of nitro benzene ring substituents is 1. The number of nitro groups is 1. The number of benzene rings is 4. The Morgan fingerprint density at radius 2 is 1.80 bits per heavy atom. The van der Waals surface area contributed by atoms with Crippen molar-refractivity contribution < 1.29 is 14.1 Å². The van der Waals surface area contributed by atoms with Gasteiger partial charge >= 0.3 is 5.69 Å². The number of aromatic nitrogens is 2. The topological polar surface area (TPSA) is 113 Å². The third kappa shape index (κ3) is 4.99. The number of furan rings is 1. The summed E-state index contributed by atoms with van der Waals surface area (Å²) >= 11 is 3.46.